The molecule has 0 aliphatic carbocycles. The quantitative estimate of drug-likeness (QED) is 0.195. The molecule has 0 fully saturated rings. The zero-order valence-corrected chi connectivity index (χ0v) is 19.9. The topological polar surface area (TPSA) is 54.9 Å². The minimum absolute atomic E-state index is 0. The van der Waals surface area contributed by atoms with Crippen molar-refractivity contribution in [1.82, 2.24) is 10.6 Å². The fourth-order valence-corrected chi connectivity index (χ4v) is 2.92. The number of para-hydroxylation sites is 1. The van der Waals surface area contributed by atoms with E-state index in [0.717, 1.165) is 63.7 Å². The van der Waals surface area contributed by atoms with Gasteiger partial charge in [-0.2, -0.15) is 0 Å². The molecule has 0 spiro atoms. The smallest absolute Gasteiger partial charge is 0.190 e. The van der Waals surface area contributed by atoms with E-state index < -0.39 is 0 Å². The largest absolute Gasteiger partial charge is 0.496 e. The summed E-state index contributed by atoms with van der Waals surface area (Å²) in [5, 5.41) is 6.70. The predicted molar refractivity (Wildman–Crippen MR) is 132 cm³/mol. The van der Waals surface area contributed by atoms with E-state index >= 15 is 0 Å². The summed E-state index contributed by atoms with van der Waals surface area (Å²) in [6.45, 7) is 3.27. The standard InChI is InChI=1S/C23H33N3O2.HI/c1-24-23(26-17-14-21-12-6-7-13-22(21)27-2)25-16-8-9-18-28-19-15-20-10-4-3-5-11-20;/h3-7,10-13H,8-9,14-19H2,1-2H3,(H2,24,25,26);1H. The Labute approximate surface area is 192 Å². The number of hydrogen-bond donors (Lipinski definition) is 2. The summed E-state index contributed by atoms with van der Waals surface area (Å²) in [5.74, 6) is 1.76. The van der Waals surface area contributed by atoms with Gasteiger partial charge >= 0.3 is 0 Å². The van der Waals surface area contributed by atoms with Crippen LogP contribution in [0.3, 0.4) is 0 Å². The number of hydrogen-bond acceptors (Lipinski definition) is 3. The lowest BCUT2D eigenvalue weighted by atomic mass is 10.1. The first kappa shape index (κ1) is 25.2. The number of unbranched alkanes of at least 4 members (excludes halogenated alkanes) is 1. The van der Waals surface area contributed by atoms with Gasteiger partial charge in [0.2, 0.25) is 0 Å². The van der Waals surface area contributed by atoms with Gasteiger partial charge in [-0.15, -0.1) is 24.0 Å². The van der Waals surface area contributed by atoms with Crippen molar-refractivity contribution in [2.24, 2.45) is 4.99 Å². The molecule has 0 heterocycles. The van der Waals surface area contributed by atoms with E-state index in [9.17, 15) is 0 Å². The van der Waals surface area contributed by atoms with Crippen LogP contribution in [0.5, 0.6) is 5.75 Å². The highest BCUT2D eigenvalue weighted by Gasteiger charge is 2.02. The van der Waals surface area contributed by atoms with Crippen molar-refractivity contribution in [2.75, 3.05) is 40.5 Å². The second kappa shape index (κ2) is 16.0. The number of aliphatic imine (C=N–C) groups is 1. The number of methoxy groups -OCH3 is 1. The first-order chi connectivity index (χ1) is 13.8. The molecule has 0 bridgehead atoms. The number of guanidine groups is 1. The summed E-state index contributed by atoms with van der Waals surface area (Å²) in [6.07, 6.45) is 3.96. The number of halogens is 1. The van der Waals surface area contributed by atoms with Crippen molar-refractivity contribution >= 4 is 29.9 Å². The molecular formula is C23H34IN3O2. The van der Waals surface area contributed by atoms with Crippen molar-refractivity contribution in [3.8, 4) is 5.75 Å². The average Bonchev–Trinajstić information content (AvgIpc) is 2.75. The third-order valence-corrected chi connectivity index (χ3v) is 4.49. The van der Waals surface area contributed by atoms with Crippen LogP contribution >= 0.6 is 24.0 Å². The Bertz CT molecular complexity index is 696. The minimum atomic E-state index is 0. The summed E-state index contributed by atoms with van der Waals surface area (Å²) < 4.78 is 11.1. The molecule has 0 unspecified atom stereocenters. The van der Waals surface area contributed by atoms with E-state index in [4.69, 9.17) is 9.47 Å². The van der Waals surface area contributed by atoms with Gasteiger partial charge in [0, 0.05) is 26.7 Å². The van der Waals surface area contributed by atoms with Gasteiger partial charge in [-0.3, -0.25) is 4.99 Å². The van der Waals surface area contributed by atoms with Crippen LogP contribution in [0.2, 0.25) is 0 Å². The summed E-state index contributed by atoms with van der Waals surface area (Å²) >= 11 is 0. The molecule has 0 saturated heterocycles. The molecule has 0 aromatic heterocycles. The third-order valence-electron chi connectivity index (χ3n) is 4.49. The lowest BCUT2D eigenvalue weighted by molar-refractivity contribution is 0.133. The molecule has 0 aliphatic rings. The fourth-order valence-electron chi connectivity index (χ4n) is 2.92. The molecule has 2 rings (SSSR count). The molecule has 0 aliphatic heterocycles. The van der Waals surface area contributed by atoms with Crippen molar-refractivity contribution in [3.63, 3.8) is 0 Å². The summed E-state index contributed by atoms with van der Waals surface area (Å²) in [4.78, 5) is 4.27. The average molecular weight is 511 g/mol. The minimum Gasteiger partial charge on any atom is -0.496 e. The van der Waals surface area contributed by atoms with Crippen molar-refractivity contribution in [3.05, 3.63) is 65.7 Å². The van der Waals surface area contributed by atoms with E-state index in [1.165, 1.54) is 11.1 Å². The molecule has 5 nitrogen and oxygen atoms in total. The fraction of sp³-hybridized carbons (Fsp3) is 0.435. The molecule has 2 aromatic rings. The zero-order valence-electron chi connectivity index (χ0n) is 17.5. The van der Waals surface area contributed by atoms with Crippen LogP contribution in [0.15, 0.2) is 59.6 Å². The van der Waals surface area contributed by atoms with Gasteiger partial charge in [0.15, 0.2) is 5.96 Å². The molecule has 0 saturated carbocycles. The molecule has 2 aromatic carbocycles. The highest BCUT2D eigenvalue weighted by Crippen LogP contribution is 2.17. The van der Waals surface area contributed by atoms with E-state index in [1.54, 1.807) is 14.2 Å². The van der Waals surface area contributed by atoms with Gasteiger partial charge in [-0.05, 0) is 42.9 Å². The van der Waals surface area contributed by atoms with Crippen molar-refractivity contribution in [1.29, 1.82) is 0 Å². The number of rotatable bonds is 12. The summed E-state index contributed by atoms with van der Waals surface area (Å²) in [7, 11) is 3.50. The van der Waals surface area contributed by atoms with Crippen LogP contribution in [0.25, 0.3) is 0 Å². The van der Waals surface area contributed by atoms with Gasteiger partial charge in [-0.25, -0.2) is 0 Å². The van der Waals surface area contributed by atoms with Gasteiger partial charge in [-0.1, -0.05) is 48.5 Å². The second-order valence-electron chi connectivity index (χ2n) is 6.54. The van der Waals surface area contributed by atoms with Crippen LogP contribution in [-0.4, -0.2) is 46.4 Å². The number of nitrogens with one attached hydrogen (secondary N) is 2. The number of ether oxygens (including phenoxy) is 2. The Morgan fingerprint density at radius 2 is 1.59 bits per heavy atom. The van der Waals surface area contributed by atoms with Crippen LogP contribution in [0.1, 0.15) is 24.0 Å². The van der Waals surface area contributed by atoms with E-state index in [1.807, 2.05) is 24.3 Å². The molecular weight excluding hydrogens is 477 g/mol. The maximum atomic E-state index is 5.72. The molecule has 0 amide bonds. The Hall–Kier alpha value is -1.80. The molecule has 0 radical (unpaired) electrons. The summed E-state index contributed by atoms with van der Waals surface area (Å²) in [6, 6.07) is 18.6. The first-order valence-corrected chi connectivity index (χ1v) is 10.0. The Kier molecular flexibility index (Phi) is 14.0. The Balaban J connectivity index is 0.00000420. The SMILES string of the molecule is CN=C(NCCCCOCCc1ccccc1)NCCc1ccccc1OC.I. The highest BCUT2D eigenvalue weighted by atomic mass is 127. The van der Waals surface area contributed by atoms with E-state index in [2.05, 4.69) is 46.0 Å². The van der Waals surface area contributed by atoms with Gasteiger partial charge in [0.1, 0.15) is 5.75 Å². The molecule has 29 heavy (non-hydrogen) atoms. The number of benzene rings is 2. The predicted octanol–water partition coefficient (Wildman–Crippen LogP) is 4.06. The highest BCUT2D eigenvalue weighted by molar-refractivity contribution is 14.0. The van der Waals surface area contributed by atoms with E-state index in [-0.39, 0.29) is 24.0 Å². The molecule has 160 valence electrons. The Morgan fingerprint density at radius 1 is 0.862 bits per heavy atom. The molecule has 0 atom stereocenters. The van der Waals surface area contributed by atoms with Gasteiger partial charge in [0.25, 0.3) is 0 Å². The van der Waals surface area contributed by atoms with Crippen molar-refractivity contribution in [2.45, 2.75) is 25.7 Å². The molecule has 6 heteroatoms. The maximum absolute atomic E-state index is 5.72. The lowest BCUT2D eigenvalue weighted by Gasteiger charge is -2.13. The van der Waals surface area contributed by atoms with Crippen LogP contribution in [0.4, 0.5) is 0 Å². The maximum Gasteiger partial charge on any atom is 0.190 e. The number of nitrogens with zero attached hydrogens (tertiary/aromatic N) is 1. The van der Waals surface area contributed by atoms with Crippen LogP contribution < -0.4 is 15.4 Å². The van der Waals surface area contributed by atoms with Crippen molar-refractivity contribution < 1.29 is 9.47 Å². The first-order valence-electron chi connectivity index (χ1n) is 10.0. The van der Waals surface area contributed by atoms with Gasteiger partial charge < -0.3 is 20.1 Å². The third kappa shape index (κ3) is 10.5. The van der Waals surface area contributed by atoms with Crippen LogP contribution in [-0.2, 0) is 17.6 Å². The van der Waals surface area contributed by atoms with Gasteiger partial charge in [0.05, 0.1) is 13.7 Å². The van der Waals surface area contributed by atoms with Crippen LogP contribution in [0, 0.1) is 0 Å². The monoisotopic (exact) mass is 511 g/mol. The zero-order chi connectivity index (χ0) is 19.9. The normalized spacial score (nSPS) is 10.9. The Morgan fingerprint density at radius 3 is 2.34 bits per heavy atom. The second-order valence-corrected chi connectivity index (χ2v) is 6.54. The summed E-state index contributed by atoms with van der Waals surface area (Å²) in [5.41, 5.74) is 2.52. The van der Waals surface area contributed by atoms with E-state index in [0.29, 0.717) is 0 Å². The lowest BCUT2D eigenvalue weighted by Crippen LogP contribution is -2.38. The molecule has 2 N–H and O–H groups in total.